The average molecular weight is 369 g/mol. The molecule has 3 atom stereocenters. The lowest BCUT2D eigenvalue weighted by atomic mass is 10.1. The Morgan fingerprint density at radius 2 is 2.08 bits per heavy atom. The van der Waals surface area contributed by atoms with Crippen LogP contribution in [0.15, 0.2) is 24.3 Å². The molecule has 8 heteroatoms. The summed E-state index contributed by atoms with van der Waals surface area (Å²) in [5.74, 6) is -1.93. The van der Waals surface area contributed by atoms with Gasteiger partial charge in [0.25, 0.3) is 0 Å². The third-order valence-corrected chi connectivity index (χ3v) is 4.00. The van der Waals surface area contributed by atoms with E-state index in [1.54, 1.807) is 6.92 Å². The first-order chi connectivity index (χ1) is 12.5. The number of carboxylic acid groups (broad SMARTS) is 1. The van der Waals surface area contributed by atoms with Gasteiger partial charge in [0, 0.05) is 6.61 Å². The predicted octanol–water partition coefficient (Wildman–Crippen LogP) is 1.75. The molecular weight excluding hydrogens is 345 g/mol. The zero-order valence-electron chi connectivity index (χ0n) is 14.7. The molecule has 1 amide bonds. The van der Waals surface area contributed by atoms with Gasteiger partial charge < -0.3 is 24.6 Å². The van der Waals surface area contributed by atoms with Crippen molar-refractivity contribution >= 4 is 11.9 Å². The van der Waals surface area contributed by atoms with E-state index in [2.05, 4.69) is 5.32 Å². The first-order valence-corrected chi connectivity index (χ1v) is 8.61. The molecule has 1 fully saturated rings. The minimum Gasteiger partial charge on any atom is -0.478 e. The predicted molar refractivity (Wildman–Crippen MR) is 90.5 cm³/mol. The molecule has 1 saturated heterocycles. The zero-order valence-corrected chi connectivity index (χ0v) is 14.7. The lowest BCUT2D eigenvalue weighted by Crippen LogP contribution is -2.44. The number of ether oxygens (including phenoxy) is 3. The number of rotatable bonds is 9. The van der Waals surface area contributed by atoms with Crippen molar-refractivity contribution in [3.8, 4) is 5.75 Å². The van der Waals surface area contributed by atoms with Crippen LogP contribution in [0.5, 0.6) is 5.75 Å². The topological polar surface area (TPSA) is 94.1 Å². The van der Waals surface area contributed by atoms with Gasteiger partial charge in [0.2, 0.25) is 12.0 Å². The fourth-order valence-electron chi connectivity index (χ4n) is 2.46. The van der Waals surface area contributed by atoms with E-state index in [1.165, 1.54) is 12.1 Å². The van der Waals surface area contributed by atoms with Gasteiger partial charge in [-0.05, 0) is 50.5 Å². The van der Waals surface area contributed by atoms with E-state index in [4.69, 9.17) is 14.2 Å². The largest absolute Gasteiger partial charge is 0.478 e. The van der Waals surface area contributed by atoms with Gasteiger partial charge in [-0.3, -0.25) is 4.79 Å². The minimum absolute atomic E-state index is 0.00687. The summed E-state index contributed by atoms with van der Waals surface area (Å²) < 4.78 is 29.2. The van der Waals surface area contributed by atoms with Crippen molar-refractivity contribution in [1.29, 1.82) is 0 Å². The molecule has 0 aliphatic carbocycles. The molecule has 26 heavy (non-hydrogen) atoms. The molecular formula is C18H24FNO6. The van der Waals surface area contributed by atoms with Gasteiger partial charge in [-0.2, -0.15) is 0 Å². The molecule has 0 bridgehead atoms. The standard InChI is InChI=1S/C18H24FNO6/c1-12(25-11-15-4-2-3-9-24-15)17(21)20-10-16(18(22)23)26-14-7-5-13(19)6-8-14/h5-8,12,15-16H,2-4,9-11H2,1H3,(H,20,21)(H,22,23). The number of hydrogen-bond donors (Lipinski definition) is 2. The third-order valence-electron chi connectivity index (χ3n) is 4.00. The normalized spacial score (nSPS) is 19.4. The Labute approximate surface area is 151 Å². The summed E-state index contributed by atoms with van der Waals surface area (Å²) in [4.78, 5) is 23.4. The maximum absolute atomic E-state index is 12.9. The SMILES string of the molecule is CC(OCC1CCCCO1)C(=O)NCC(Oc1ccc(F)cc1)C(=O)O. The van der Waals surface area contributed by atoms with Crippen molar-refractivity contribution in [2.75, 3.05) is 19.8 Å². The Hall–Kier alpha value is -2.19. The number of amides is 1. The first kappa shape index (κ1) is 20.1. The van der Waals surface area contributed by atoms with E-state index in [1.807, 2.05) is 0 Å². The van der Waals surface area contributed by atoms with Gasteiger partial charge in [-0.1, -0.05) is 0 Å². The summed E-state index contributed by atoms with van der Waals surface area (Å²) in [6.07, 6.45) is 0.986. The Morgan fingerprint density at radius 1 is 1.35 bits per heavy atom. The van der Waals surface area contributed by atoms with Gasteiger partial charge in [-0.15, -0.1) is 0 Å². The molecule has 0 saturated carbocycles. The van der Waals surface area contributed by atoms with Gasteiger partial charge in [0.05, 0.1) is 19.3 Å². The van der Waals surface area contributed by atoms with Crippen LogP contribution in [-0.4, -0.2) is 55.1 Å². The second-order valence-electron chi connectivity index (χ2n) is 6.11. The molecule has 2 rings (SSSR count). The maximum atomic E-state index is 12.9. The van der Waals surface area contributed by atoms with Crippen molar-refractivity contribution in [3.63, 3.8) is 0 Å². The van der Waals surface area contributed by atoms with Gasteiger partial charge in [-0.25, -0.2) is 9.18 Å². The highest BCUT2D eigenvalue weighted by Crippen LogP contribution is 2.14. The Bertz CT molecular complexity index is 588. The Kier molecular flexibility index (Phi) is 7.80. The molecule has 1 aromatic carbocycles. The monoisotopic (exact) mass is 369 g/mol. The van der Waals surface area contributed by atoms with Crippen LogP contribution in [0.25, 0.3) is 0 Å². The highest BCUT2D eigenvalue weighted by Gasteiger charge is 2.23. The lowest BCUT2D eigenvalue weighted by Gasteiger charge is -2.24. The number of carboxylic acids is 1. The molecule has 3 unspecified atom stereocenters. The second kappa shape index (κ2) is 10.1. The van der Waals surface area contributed by atoms with Crippen LogP contribution in [0.3, 0.4) is 0 Å². The van der Waals surface area contributed by atoms with E-state index < -0.39 is 29.9 Å². The van der Waals surface area contributed by atoms with E-state index in [-0.39, 0.29) is 18.4 Å². The van der Waals surface area contributed by atoms with Crippen molar-refractivity contribution in [2.24, 2.45) is 0 Å². The van der Waals surface area contributed by atoms with E-state index in [0.717, 1.165) is 31.4 Å². The number of carbonyl (C=O) groups excluding carboxylic acids is 1. The maximum Gasteiger partial charge on any atom is 0.346 e. The molecule has 1 aliphatic rings. The summed E-state index contributed by atoms with van der Waals surface area (Å²) in [7, 11) is 0. The number of halogens is 1. The number of nitrogens with one attached hydrogen (secondary N) is 1. The van der Waals surface area contributed by atoms with Crippen LogP contribution in [0, 0.1) is 5.82 Å². The van der Waals surface area contributed by atoms with Gasteiger partial charge in [0.1, 0.15) is 17.7 Å². The minimum atomic E-state index is -1.29. The summed E-state index contributed by atoms with van der Waals surface area (Å²) in [6.45, 7) is 2.38. The smallest absolute Gasteiger partial charge is 0.346 e. The molecule has 144 valence electrons. The van der Waals surface area contributed by atoms with Crippen molar-refractivity contribution in [2.45, 2.75) is 44.5 Å². The van der Waals surface area contributed by atoms with Crippen molar-refractivity contribution in [3.05, 3.63) is 30.1 Å². The number of aliphatic carboxylic acids is 1. The number of hydrogen-bond acceptors (Lipinski definition) is 5. The average Bonchev–Trinajstić information content (AvgIpc) is 2.65. The first-order valence-electron chi connectivity index (χ1n) is 8.61. The highest BCUT2D eigenvalue weighted by molar-refractivity contribution is 5.81. The van der Waals surface area contributed by atoms with E-state index >= 15 is 0 Å². The number of carbonyl (C=O) groups is 2. The molecule has 7 nitrogen and oxygen atoms in total. The third kappa shape index (κ3) is 6.61. The van der Waals surface area contributed by atoms with E-state index in [9.17, 15) is 19.1 Å². The molecule has 1 aliphatic heterocycles. The van der Waals surface area contributed by atoms with Crippen LogP contribution < -0.4 is 10.1 Å². The molecule has 0 radical (unpaired) electrons. The van der Waals surface area contributed by atoms with Crippen LogP contribution in [-0.2, 0) is 19.1 Å². The second-order valence-corrected chi connectivity index (χ2v) is 6.11. The van der Waals surface area contributed by atoms with Gasteiger partial charge in [0.15, 0.2) is 0 Å². The van der Waals surface area contributed by atoms with Gasteiger partial charge >= 0.3 is 5.97 Å². The molecule has 1 aromatic rings. The molecule has 0 spiro atoms. The summed E-state index contributed by atoms with van der Waals surface area (Å²) in [6, 6.07) is 4.97. The Morgan fingerprint density at radius 3 is 2.69 bits per heavy atom. The fraction of sp³-hybridized carbons (Fsp3) is 0.556. The molecule has 1 heterocycles. The van der Waals surface area contributed by atoms with Crippen LogP contribution in [0.2, 0.25) is 0 Å². The quantitative estimate of drug-likeness (QED) is 0.689. The molecule has 0 aromatic heterocycles. The van der Waals surface area contributed by atoms with Crippen LogP contribution >= 0.6 is 0 Å². The highest BCUT2D eigenvalue weighted by atomic mass is 19.1. The van der Waals surface area contributed by atoms with Crippen molar-refractivity contribution in [1.82, 2.24) is 5.32 Å². The lowest BCUT2D eigenvalue weighted by molar-refractivity contribution is -0.145. The number of benzene rings is 1. The van der Waals surface area contributed by atoms with E-state index in [0.29, 0.717) is 13.2 Å². The molecule has 2 N–H and O–H groups in total. The zero-order chi connectivity index (χ0) is 18.9. The summed E-state index contributed by atoms with van der Waals surface area (Å²) in [5, 5.41) is 11.7. The van der Waals surface area contributed by atoms with Crippen molar-refractivity contribution < 1.29 is 33.3 Å². The Balaban J connectivity index is 1.76. The van der Waals surface area contributed by atoms with Crippen LogP contribution in [0.1, 0.15) is 26.2 Å². The summed E-state index contributed by atoms with van der Waals surface area (Å²) in [5.41, 5.74) is 0. The summed E-state index contributed by atoms with van der Waals surface area (Å²) >= 11 is 0. The van der Waals surface area contributed by atoms with Crippen LogP contribution in [0.4, 0.5) is 4.39 Å². The fourth-order valence-corrected chi connectivity index (χ4v) is 2.46.